The van der Waals surface area contributed by atoms with Crippen LogP contribution in [-0.2, 0) is 4.79 Å². The Morgan fingerprint density at radius 3 is 2.28 bits per heavy atom. The lowest BCUT2D eigenvalue weighted by Crippen LogP contribution is -2.64. The first-order valence-corrected chi connectivity index (χ1v) is 11.9. The summed E-state index contributed by atoms with van der Waals surface area (Å²) in [6.45, 7) is 6.89. The van der Waals surface area contributed by atoms with E-state index in [0.29, 0.717) is 30.1 Å². The molecule has 4 rings (SSSR count). The molecular formula is C24H40O5. The van der Waals surface area contributed by atoms with Crippen LogP contribution in [0.25, 0.3) is 0 Å². The Kier molecular flexibility index (Phi) is 5.57. The molecule has 0 radical (unpaired) electrons. The first kappa shape index (κ1) is 21.6. The molecule has 0 bridgehead atoms. The molecule has 5 heteroatoms. The zero-order valence-electron chi connectivity index (χ0n) is 18.3. The van der Waals surface area contributed by atoms with Crippen LogP contribution in [0.15, 0.2) is 0 Å². The number of aliphatic hydroxyl groups excluding tert-OH is 3. The maximum atomic E-state index is 11.3. The smallest absolute Gasteiger partial charge is 0.303 e. The summed E-state index contributed by atoms with van der Waals surface area (Å²) in [4.78, 5) is 11.1. The fourth-order valence-electron chi connectivity index (χ4n) is 8.77. The number of carboxylic acids is 1. The second kappa shape index (κ2) is 7.49. The van der Waals surface area contributed by atoms with E-state index in [0.717, 1.165) is 44.9 Å². The summed E-state index contributed by atoms with van der Waals surface area (Å²) in [5.74, 6) is 1.06. The summed E-state index contributed by atoms with van der Waals surface area (Å²) < 4.78 is 0. The molecule has 166 valence electrons. The van der Waals surface area contributed by atoms with Crippen LogP contribution in [0.3, 0.4) is 0 Å². The van der Waals surface area contributed by atoms with Crippen LogP contribution in [0.4, 0.5) is 0 Å². The first-order chi connectivity index (χ1) is 13.6. The van der Waals surface area contributed by atoms with Gasteiger partial charge in [-0.05, 0) is 97.7 Å². The summed E-state index contributed by atoms with van der Waals surface area (Å²) in [6.07, 6.45) is 5.87. The van der Waals surface area contributed by atoms with Gasteiger partial charge in [-0.25, -0.2) is 0 Å². The Morgan fingerprint density at radius 1 is 0.931 bits per heavy atom. The molecule has 4 aliphatic rings. The molecule has 4 saturated carbocycles. The van der Waals surface area contributed by atoms with Crippen LogP contribution in [0.2, 0.25) is 0 Å². The largest absolute Gasteiger partial charge is 0.481 e. The van der Waals surface area contributed by atoms with Crippen LogP contribution >= 0.6 is 0 Å². The van der Waals surface area contributed by atoms with Crippen molar-refractivity contribution in [1.29, 1.82) is 0 Å². The molecule has 0 saturated heterocycles. The SMILES string of the molecule is CC(CCC(=O)O)[C@H]1CC[C@H]2[C@@H]3[C@@H](O)[C@H](O)[C@@H]4C[C@H](O)CC[C@]4(C)[C@H]3CC[C@]12C. The predicted molar refractivity (Wildman–Crippen MR) is 110 cm³/mol. The number of aliphatic hydroxyl groups is 3. The summed E-state index contributed by atoms with van der Waals surface area (Å²) in [6, 6.07) is 0. The molecule has 0 aromatic heterocycles. The molecular weight excluding hydrogens is 368 g/mol. The number of carbonyl (C=O) groups is 1. The van der Waals surface area contributed by atoms with Gasteiger partial charge in [0.05, 0.1) is 18.3 Å². The van der Waals surface area contributed by atoms with Crippen molar-refractivity contribution in [2.75, 3.05) is 0 Å². The van der Waals surface area contributed by atoms with Crippen molar-refractivity contribution in [3.8, 4) is 0 Å². The Morgan fingerprint density at radius 2 is 1.59 bits per heavy atom. The van der Waals surface area contributed by atoms with Crippen molar-refractivity contribution in [3.63, 3.8) is 0 Å². The van der Waals surface area contributed by atoms with Crippen LogP contribution in [0.5, 0.6) is 0 Å². The Hall–Kier alpha value is -0.650. The van der Waals surface area contributed by atoms with Gasteiger partial charge in [-0.3, -0.25) is 4.79 Å². The van der Waals surface area contributed by atoms with Crippen LogP contribution in [-0.4, -0.2) is 44.7 Å². The van der Waals surface area contributed by atoms with Gasteiger partial charge in [0.25, 0.3) is 0 Å². The van der Waals surface area contributed by atoms with Gasteiger partial charge < -0.3 is 20.4 Å². The number of carboxylic acid groups (broad SMARTS) is 1. The molecule has 11 atom stereocenters. The minimum atomic E-state index is -0.748. The van der Waals surface area contributed by atoms with Crippen LogP contribution < -0.4 is 0 Å². The maximum absolute atomic E-state index is 11.3. The lowest BCUT2D eigenvalue weighted by molar-refractivity contribution is -0.223. The van der Waals surface area contributed by atoms with Crippen molar-refractivity contribution < 1.29 is 25.2 Å². The summed E-state index contributed by atoms with van der Waals surface area (Å²) in [7, 11) is 0. The van der Waals surface area contributed by atoms with Gasteiger partial charge in [-0.15, -0.1) is 0 Å². The van der Waals surface area contributed by atoms with Gasteiger partial charge in [-0.1, -0.05) is 20.8 Å². The molecule has 5 nitrogen and oxygen atoms in total. The predicted octanol–water partition coefficient (Wildman–Crippen LogP) is 3.45. The number of rotatable bonds is 4. The van der Waals surface area contributed by atoms with Crippen molar-refractivity contribution in [3.05, 3.63) is 0 Å². The fraction of sp³-hybridized carbons (Fsp3) is 0.958. The van der Waals surface area contributed by atoms with E-state index in [2.05, 4.69) is 20.8 Å². The van der Waals surface area contributed by atoms with E-state index in [4.69, 9.17) is 5.11 Å². The van der Waals surface area contributed by atoms with Crippen molar-refractivity contribution in [2.45, 2.75) is 96.9 Å². The third kappa shape index (κ3) is 3.27. The average molecular weight is 409 g/mol. The van der Waals surface area contributed by atoms with Gasteiger partial charge in [0.2, 0.25) is 0 Å². The van der Waals surface area contributed by atoms with E-state index >= 15 is 0 Å². The minimum Gasteiger partial charge on any atom is -0.481 e. The average Bonchev–Trinajstić information content (AvgIpc) is 3.02. The summed E-state index contributed by atoms with van der Waals surface area (Å²) >= 11 is 0. The van der Waals surface area contributed by atoms with E-state index in [1.807, 2.05) is 0 Å². The number of fused-ring (bicyclic) bond motifs is 5. The number of aliphatic carboxylic acids is 1. The third-order valence-corrected chi connectivity index (χ3v) is 10.3. The highest BCUT2D eigenvalue weighted by Gasteiger charge is 2.65. The fourth-order valence-corrected chi connectivity index (χ4v) is 8.77. The highest BCUT2D eigenvalue weighted by molar-refractivity contribution is 5.66. The van der Waals surface area contributed by atoms with Gasteiger partial charge >= 0.3 is 5.97 Å². The first-order valence-electron chi connectivity index (χ1n) is 11.9. The Balaban J connectivity index is 1.59. The van der Waals surface area contributed by atoms with Gasteiger partial charge in [-0.2, -0.15) is 0 Å². The third-order valence-electron chi connectivity index (χ3n) is 10.3. The molecule has 1 unspecified atom stereocenters. The van der Waals surface area contributed by atoms with Crippen LogP contribution in [0.1, 0.15) is 78.6 Å². The maximum Gasteiger partial charge on any atom is 0.303 e. The second-order valence-electron chi connectivity index (χ2n) is 11.5. The quantitative estimate of drug-likeness (QED) is 0.571. The molecule has 0 aromatic carbocycles. The molecule has 4 fully saturated rings. The van der Waals surface area contributed by atoms with Crippen LogP contribution in [0, 0.1) is 46.3 Å². The van der Waals surface area contributed by atoms with E-state index < -0.39 is 18.2 Å². The zero-order valence-corrected chi connectivity index (χ0v) is 18.3. The molecule has 0 aliphatic heterocycles. The number of hydrogen-bond donors (Lipinski definition) is 4. The highest BCUT2D eigenvalue weighted by Crippen LogP contribution is 2.68. The highest BCUT2D eigenvalue weighted by atomic mass is 16.4. The minimum absolute atomic E-state index is 0.00309. The molecule has 0 heterocycles. The summed E-state index contributed by atoms with van der Waals surface area (Å²) in [5.41, 5.74) is 0.119. The zero-order chi connectivity index (χ0) is 21.1. The standard InChI is InChI=1S/C24H40O5/c1-13(4-7-19(26)27)15-5-6-16-20-17(9-11-23(15,16)2)24(3)10-8-14(25)12-18(24)21(28)22(20)29/h13-18,20-22,25,28-29H,4-12H2,1-3H3,(H,26,27)/t13?,14-,15-,16+,17+,18+,20+,21-,22-,23-,24-/m1/s1. The molecule has 4 aliphatic carbocycles. The van der Waals surface area contributed by atoms with E-state index in [1.54, 1.807) is 0 Å². The van der Waals surface area contributed by atoms with Crippen molar-refractivity contribution >= 4 is 5.97 Å². The van der Waals surface area contributed by atoms with Gasteiger partial charge in [0.1, 0.15) is 0 Å². The van der Waals surface area contributed by atoms with Gasteiger partial charge in [0.15, 0.2) is 0 Å². The molecule has 0 aromatic rings. The molecule has 0 spiro atoms. The van der Waals surface area contributed by atoms with Gasteiger partial charge in [0, 0.05) is 6.42 Å². The van der Waals surface area contributed by atoms with E-state index in [1.165, 1.54) is 0 Å². The lowest BCUT2D eigenvalue weighted by atomic mass is 9.43. The topological polar surface area (TPSA) is 98.0 Å². The molecule has 4 N–H and O–H groups in total. The van der Waals surface area contributed by atoms with E-state index in [9.17, 15) is 20.1 Å². The lowest BCUT2D eigenvalue weighted by Gasteiger charge is -2.63. The van der Waals surface area contributed by atoms with E-state index in [-0.39, 0.29) is 35.2 Å². The van der Waals surface area contributed by atoms with Crippen molar-refractivity contribution in [1.82, 2.24) is 0 Å². The normalized spacial score (nSPS) is 52.9. The second-order valence-corrected chi connectivity index (χ2v) is 11.5. The monoisotopic (exact) mass is 408 g/mol. The summed E-state index contributed by atoms with van der Waals surface area (Å²) in [5, 5.41) is 41.7. The number of hydrogen-bond acceptors (Lipinski definition) is 4. The Labute approximate surface area is 174 Å². The Bertz CT molecular complexity index is 637. The molecule has 0 amide bonds. The van der Waals surface area contributed by atoms with Crippen molar-refractivity contribution in [2.24, 2.45) is 46.3 Å². The molecule has 29 heavy (non-hydrogen) atoms.